The summed E-state index contributed by atoms with van der Waals surface area (Å²) in [7, 11) is 0. The number of carbonyl (C=O) groups is 1. The fourth-order valence-corrected chi connectivity index (χ4v) is 4.83. The van der Waals surface area contributed by atoms with Crippen molar-refractivity contribution in [2.24, 2.45) is 0 Å². The molecule has 1 aliphatic carbocycles. The SMILES string of the molecule is CSC1CCC(NCC(=O)N2CCc3sccc3C2)C1. The zero-order valence-corrected chi connectivity index (χ0v) is 13.6. The molecule has 110 valence electrons. The first-order chi connectivity index (χ1) is 9.76. The number of carbonyl (C=O) groups excluding carboxylic acids is 1. The highest BCUT2D eigenvalue weighted by atomic mass is 32.2. The topological polar surface area (TPSA) is 32.3 Å². The molecule has 0 saturated heterocycles. The van der Waals surface area contributed by atoms with Gasteiger partial charge in [0, 0.05) is 29.3 Å². The van der Waals surface area contributed by atoms with Crippen LogP contribution in [0.3, 0.4) is 0 Å². The second-order valence-corrected chi connectivity index (χ2v) is 7.82. The summed E-state index contributed by atoms with van der Waals surface area (Å²) in [6.45, 7) is 2.19. The maximum Gasteiger partial charge on any atom is 0.236 e. The lowest BCUT2D eigenvalue weighted by molar-refractivity contribution is -0.131. The van der Waals surface area contributed by atoms with Crippen LogP contribution in [0.5, 0.6) is 0 Å². The lowest BCUT2D eigenvalue weighted by atomic mass is 10.1. The second kappa shape index (κ2) is 6.50. The van der Waals surface area contributed by atoms with E-state index in [0.29, 0.717) is 12.6 Å². The minimum atomic E-state index is 0.259. The highest BCUT2D eigenvalue weighted by molar-refractivity contribution is 7.99. The lowest BCUT2D eigenvalue weighted by Gasteiger charge is -2.27. The standard InChI is InChI=1S/C15H22N2OS2/c1-19-13-3-2-12(8-13)16-9-15(18)17-6-4-14-11(10-17)5-7-20-14/h5,7,12-13,16H,2-4,6,8-10H2,1H3. The highest BCUT2D eigenvalue weighted by Crippen LogP contribution is 2.28. The maximum absolute atomic E-state index is 12.3. The molecule has 1 aliphatic heterocycles. The third-order valence-corrected chi connectivity index (χ3v) is 6.54. The molecule has 2 atom stereocenters. The number of thiophene rings is 1. The van der Waals surface area contributed by atoms with E-state index in [0.717, 1.165) is 24.8 Å². The van der Waals surface area contributed by atoms with Gasteiger partial charge in [-0.05, 0) is 48.9 Å². The van der Waals surface area contributed by atoms with E-state index in [-0.39, 0.29) is 5.91 Å². The van der Waals surface area contributed by atoms with Crippen molar-refractivity contribution in [3.63, 3.8) is 0 Å². The largest absolute Gasteiger partial charge is 0.337 e. The van der Waals surface area contributed by atoms with Gasteiger partial charge in [0.25, 0.3) is 0 Å². The normalized spacial score (nSPS) is 25.8. The number of hydrogen-bond donors (Lipinski definition) is 1. The number of nitrogens with one attached hydrogen (secondary N) is 1. The van der Waals surface area contributed by atoms with Crippen molar-refractivity contribution >= 4 is 29.0 Å². The summed E-state index contributed by atoms with van der Waals surface area (Å²) in [5.74, 6) is 0.259. The Morgan fingerprint density at radius 2 is 2.45 bits per heavy atom. The highest BCUT2D eigenvalue weighted by Gasteiger charge is 2.26. The summed E-state index contributed by atoms with van der Waals surface area (Å²) in [4.78, 5) is 15.8. The molecule has 0 bridgehead atoms. The monoisotopic (exact) mass is 310 g/mol. The minimum absolute atomic E-state index is 0.259. The van der Waals surface area contributed by atoms with Crippen molar-refractivity contribution in [1.82, 2.24) is 10.2 Å². The summed E-state index contributed by atoms with van der Waals surface area (Å²) < 4.78 is 0. The molecular weight excluding hydrogens is 288 g/mol. The van der Waals surface area contributed by atoms with E-state index in [1.165, 1.54) is 29.7 Å². The van der Waals surface area contributed by atoms with Gasteiger partial charge in [-0.3, -0.25) is 4.79 Å². The smallest absolute Gasteiger partial charge is 0.236 e. The number of amides is 1. The van der Waals surface area contributed by atoms with Gasteiger partial charge in [-0.25, -0.2) is 0 Å². The summed E-state index contributed by atoms with van der Waals surface area (Å²) in [6, 6.07) is 2.70. The van der Waals surface area contributed by atoms with Gasteiger partial charge in [-0.1, -0.05) is 0 Å². The quantitative estimate of drug-likeness (QED) is 0.927. The minimum Gasteiger partial charge on any atom is -0.337 e. The Bertz CT molecular complexity index is 474. The molecule has 3 rings (SSSR count). The first-order valence-electron chi connectivity index (χ1n) is 7.35. The van der Waals surface area contributed by atoms with E-state index in [4.69, 9.17) is 0 Å². The summed E-state index contributed by atoms with van der Waals surface area (Å²) >= 11 is 3.78. The summed E-state index contributed by atoms with van der Waals surface area (Å²) in [5, 5.41) is 6.38. The Labute approximate surface area is 129 Å². The molecule has 1 N–H and O–H groups in total. The van der Waals surface area contributed by atoms with Crippen LogP contribution in [-0.4, -0.2) is 41.4 Å². The molecule has 0 spiro atoms. The van der Waals surface area contributed by atoms with Crippen LogP contribution < -0.4 is 5.32 Å². The molecule has 1 fully saturated rings. The number of nitrogens with zero attached hydrogens (tertiary/aromatic N) is 1. The summed E-state index contributed by atoms with van der Waals surface area (Å²) in [6.07, 6.45) is 6.92. The molecule has 1 saturated carbocycles. The van der Waals surface area contributed by atoms with Gasteiger partial charge in [0.2, 0.25) is 5.91 Å². The Morgan fingerprint density at radius 1 is 1.55 bits per heavy atom. The van der Waals surface area contributed by atoms with Crippen molar-refractivity contribution in [3.05, 3.63) is 21.9 Å². The van der Waals surface area contributed by atoms with Gasteiger partial charge in [-0.15, -0.1) is 11.3 Å². The van der Waals surface area contributed by atoms with Crippen LogP contribution in [0.4, 0.5) is 0 Å². The van der Waals surface area contributed by atoms with Gasteiger partial charge in [0.15, 0.2) is 0 Å². The first-order valence-corrected chi connectivity index (χ1v) is 9.52. The van der Waals surface area contributed by atoms with Crippen LogP contribution in [0.2, 0.25) is 0 Å². The molecule has 20 heavy (non-hydrogen) atoms. The number of thioether (sulfide) groups is 1. The molecule has 1 amide bonds. The average Bonchev–Trinajstić information content (AvgIpc) is 3.12. The van der Waals surface area contributed by atoms with Crippen LogP contribution in [0.25, 0.3) is 0 Å². The Kier molecular flexibility index (Phi) is 4.68. The fraction of sp³-hybridized carbons (Fsp3) is 0.667. The van der Waals surface area contributed by atoms with E-state index in [1.54, 1.807) is 0 Å². The van der Waals surface area contributed by atoms with Crippen LogP contribution in [0.1, 0.15) is 29.7 Å². The second-order valence-electron chi connectivity index (χ2n) is 5.68. The van der Waals surface area contributed by atoms with Crippen LogP contribution in [-0.2, 0) is 17.8 Å². The van der Waals surface area contributed by atoms with Gasteiger partial charge in [-0.2, -0.15) is 11.8 Å². The first kappa shape index (κ1) is 14.4. The third kappa shape index (κ3) is 3.21. The maximum atomic E-state index is 12.3. The van der Waals surface area contributed by atoms with Crippen molar-refractivity contribution in [2.75, 3.05) is 19.3 Å². The molecule has 1 aromatic heterocycles. The van der Waals surface area contributed by atoms with Gasteiger partial charge in [0.1, 0.15) is 0 Å². The molecule has 0 radical (unpaired) electrons. The van der Waals surface area contributed by atoms with E-state index < -0.39 is 0 Å². The zero-order valence-electron chi connectivity index (χ0n) is 11.9. The Balaban J connectivity index is 1.46. The van der Waals surface area contributed by atoms with Gasteiger partial charge in [0.05, 0.1) is 6.54 Å². The van der Waals surface area contributed by atoms with Crippen LogP contribution >= 0.6 is 23.1 Å². The third-order valence-electron chi connectivity index (χ3n) is 4.42. The van der Waals surface area contributed by atoms with E-state index in [2.05, 4.69) is 23.0 Å². The van der Waals surface area contributed by atoms with Gasteiger partial charge < -0.3 is 10.2 Å². The molecule has 2 heterocycles. The Hall–Kier alpha value is -0.520. The van der Waals surface area contributed by atoms with Crippen LogP contribution in [0, 0.1) is 0 Å². The molecule has 2 aliphatic rings. The fourth-order valence-electron chi connectivity index (χ4n) is 3.14. The molecule has 0 aromatic carbocycles. The van der Waals surface area contributed by atoms with Crippen molar-refractivity contribution in [3.8, 4) is 0 Å². The molecule has 1 aromatic rings. The lowest BCUT2D eigenvalue weighted by Crippen LogP contribution is -2.43. The Morgan fingerprint density at radius 3 is 3.25 bits per heavy atom. The van der Waals surface area contributed by atoms with Crippen molar-refractivity contribution in [2.45, 2.75) is 43.5 Å². The number of rotatable bonds is 4. The van der Waals surface area contributed by atoms with Crippen LogP contribution in [0.15, 0.2) is 11.4 Å². The zero-order chi connectivity index (χ0) is 13.9. The average molecular weight is 310 g/mol. The number of fused-ring (bicyclic) bond motifs is 1. The molecule has 3 nitrogen and oxygen atoms in total. The summed E-state index contributed by atoms with van der Waals surface area (Å²) in [5.41, 5.74) is 1.35. The predicted octanol–water partition coefficient (Wildman–Crippen LogP) is 2.51. The van der Waals surface area contributed by atoms with Gasteiger partial charge >= 0.3 is 0 Å². The molecular formula is C15H22N2OS2. The van der Waals surface area contributed by atoms with E-state index in [9.17, 15) is 4.79 Å². The number of hydrogen-bond acceptors (Lipinski definition) is 4. The molecule has 2 unspecified atom stereocenters. The van der Waals surface area contributed by atoms with Crippen molar-refractivity contribution < 1.29 is 4.79 Å². The van der Waals surface area contributed by atoms with Crippen molar-refractivity contribution in [1.29, 1.82) is 0 Å². The van der Waals surface area contributed by atoms with E-state index in [1.807, 2.05) is 28.0 Å². The van der Waals surface area contributed by atoms with E-state index >= 15 is 0 Å². The molecule has 5 heteroatoms. The predicted molar refractivity (Wildman–Crippen MR) is 86.4 cm³/mol.